The first kappa shape index (κ1) is 14.9. The van der Waals surface area contributed by atoms with Crippen LogP contribution in [0.3, 0.4) is 0 Å². The maximum atomic E-state index is 9.04. The first-order chi connectivity index (χ1) is 8.29. The lowest BCUT2D eigenvalue weighted by atomic mass is 9.87. The largest absolute Gasteiger partial charge is 0.396 e. The Hall–Kier alpha value is -0.120. The van der Waals surface area contributed by atoms with Crippen LogP contribution in [0.25, 0.3) is 0 Å². The lowest BCUT2D eigenvalue weighted by Gasteiger charge is -2.43. The van der Waals surface area contributed by atoms with E-state index in [-0.39, 0.29) is 5.54 Å². The van der Waals surface area contributed by atoms with Crippen LogP contribution in [-0.2, 0) is 0 Å². The van der Waals surface area contributed by atoms with E-state index >= 15 is 0 Å². The number of rotatable bonds is 7. The molecule has 1 aliphatic carbocycles. The summed E-state index contributed by atoms with van der Waals surface area (Å²) in [4.78, 5) is 2.56. The van der Waals surface area contributed by atoms with E-state index in [1.54, 1.807) is 0 Å². The quantitative estimate of drug-likeness (QED) is 0.672. The van der Waals surface area contributed by atoms with Gasteiger partial charge in [0.25, 0.3) is 0 Å². The number of nitrogens with two attached hydrogens (primary N) is 1. The van der Waals surface area contributed by atoms with Gasteiger partial charge in [-0.25, -0.2) is 0 Å². The molecule has 3 nitrogen and oxygen atoms in total. The molecule has 1 rings (SSSR count). The Kier molecular flexibility index (Phi) is 7.09. The van der Waals surface area contributed by atoms with Crippen molar-refractivity contribution in [3.05, 3.63) is 0 Å². The molecule has 1 aliphatic rings. The Balaban J connectivity index is 2.68. The smallest absolute Gasteiger partial charge is 0.0443 e. The third-order valence-electron chi connectivity index (χ3n) is 4.16. The summed E-state index contributed by atoms with van der Waals surface area (Å²) in [7, 11) is 0. The van der Waals surface area contributed by atoms with Crippen LogP contribution in [0.5, 0.6) is 0 Å². The second kappa shape index (κ2) is 8.06. The van der Waals surface area contributed by atoms with Gasteiger partial charge in [-0.1, -0.05) is 32.6 Å². The van der Waals surface area contributed by atoms with Gasteiger partial charge in [-0.05, 0) is 32.2 Å². The van der Waals surface area contributed by atoms with Crippen molar-refractivity contribution >= 4 is 0 Å². The first-order valence-electron chi connectivity index (χ1n) is 7.35. The number of aliphatic hydroxyl groups excluding tert-OH is 1. The summed E-state index contributed by atoms with van der Waals surface area (Å²) in [6.45, 7) is 5.42. The minimum absolute atomic E-state index is 0.224. The molecule has 0 unspecified atom stereocenters. The van der Waals surface area contributed by atoms with Gasteiger partial charge >= 0.3 is 0 Å². The van der Waals surface area contributed by atoms with Gasteiger partial charge in [0.2, 0.25) is 0 Å². The Bertz CT molecular complexity index is 189. The summed E-state index contributed by atoms with van der Waals surface area (Å²) in [6, 6.07) is 0. The predicted octanol–water partition coefficient (Wildman–Crippen LogP) is 2.13. The molecule has 3 N–H and O–H groups in total. The third-order valence-corrected chi connectivity index (χ3v) is 4.16. The van der Waals surface area contributed by atoms with Crippen LogP contribution in [-0.4, -0.2) is 41.8 Å². The molecule has 0 aromatic carbocycles. The van der Waals surface area contributed by atoms with Crippen molar-refractivity contribution in [1.82, 2.24) is 4.90 Å². The average molecular weight is 242 g/mol. The zero-order valence-electron chi connectivity index (χ0n) is 11.5. The van der Waals surface area contributed by atoms with E-state index in [0.717, 1.165) is 26.1 Å². The molecule has 102 valence electrons. The second-order valence-electron chi connectivity index (χ2n) is 5.41. The fraction of sp³-hybridized carbons (Fsp3) is 1.00. The van der Waals surface area contributed by atoms with E-state index in [9.17, 15) is 0 Å². The van der Waals surface area contributed by atoms with E-state index in [1.807, 2.05) is 0 Å². The lowest BCUT2D eigenvalue weighted by molar-refractivity contribution is 0.0705. The van der Waals surface area contributed by atoms with Gasteiger partial charge in [0.05, 0.1) is 0 Å². The highest BCUT2D eigenvalue weighted by atomic mass is 16.3. The van der Waals surface area contributed by atoms with Crippen molar-refractivity contribution in [2.45, 2.75) is 63.8 Å². The molecule has 0 heterocycles. The van der Waals surface area contributed by atoms with Crippen LogP contribution < -0.4 is 5.73 Å². The zero-order valence-corrected chi connectivity index (χ0v) is 11.5. The molecule has 0 aromatic rings. The SMILES string of the molecule is CCCN(CCCO)C1(CN)CCCCCC1. The first-order valence-corrected chi connectivity index (χ1v) is 7.35. The van der Waals surface area contributed by atoms with Crippen molar-refractivity contribution in [3.63, 3.8) is 0 Å². The maximum Gasteiger partial charge on any atom is 0.0443 e. The van der Waals surface area contributed by atoms with Crippen molar-refractivity contribution in [2.24, 2.45) is 5.73 Å². The normalized spacial score (nSPS) is 20.5. The zero-order chi connectivity index (χ0) is 12.6. The number of aliphatic hydroxyl groups is 1. The number of hydrogen-bond donors (Lipinski definition) is 2. The van der Waals surface area contributed by atoms with Crippen molar-refractivity contribution in [2.75, 3.05) is 26.2 Å². The Labute approximate surface area is 106 Å². The summed E-state index contributed by atoms with van der Waals surface area (Å²) in [6.07, 6.45) is 9.90. The molecule has 0 spiro atoms. The van der Waals surface area contributed by atoms with Gasteiger partial charge < -0.3 is 10.8 Å². The molecular formula is C14H30N2O. The fourth-order valence-corrected chi connectivity index (χ4v) is 3.15. The van der Waals surface area contributed by atoms with Gasteiger partial charge in [0.1, 0.15) is 0 Å². The lowest BCUT2D eigenvalue weighted by Crippen LogP contribution is -2.54. The summed E-state index contributed by atoms with van der Waals surface area (Å²) in [5.41, 5.74) is 6.33. The molecular weight excluding hydrogens is 212 g/mol. The molecule has 0 radical (unpaired) electrons. The fourth-order valence-electron chi connectivity index (χ4n) is 3.15. The summed E-state index contributed by atoms with van der Waals surface area (Å²) in [5.74, 6) is 0. The van der Waals surface area contributed by atoms with E-state index in [0.29, 0.717) is 6.61 Å². The minimum atomic E-state index is 0.224. The van der Waals surface area contributed by atoms with E-state index < -0.39 is 0 Å². The monoisotopic (exact) mass is 242 g/mol. The van der Waals surface area contributed by atoms with Crippen LogP contribution >= 0.6 is 0 Å². The van der Waals surface area contributed by atoms with Gasteiger partial charge in [0, 0.05) is 25.2 Å². The predicted molar refractivity (Wildman–Crippen MR) is 73.1 cm³/mol. The molecule has 0 aliphatic heterocycles. The maximum absolute atomic E-state index is 9.04. The number of hydrogen-bond acceptors (Lipinski definition) is 3. The molecule has 0 atom stereocenters. The average Bonchev–Trinajstić information content (AvgIpc) is 2.60. The molecule has 0 bridgehead atoms. The van der Waals surface area contributed by atoms with E-state index in [4.69, 9.17) is 10.8 Å². The summed E-state index contributed by atoms with van der Waals surface area (Å²) >= 11 is 0. The number of nitrogens with zero attached hydrogens (tertiary/aromatic N) is 1. The molecule has 0 amide bonds. The van der Waals surface area contributed by atoms with Gasteiger partial charge in [0.15, 0.2) is 0 Å². The third kappa shape index (κ3) is 4.23. The van der Waals surface area contributed by atoms with Crippen LogP contribution in [0.15, 0.2) is 0 Å². The van der Waals surface area contributed by atoms with Gasteiger partial charge in [-0.15, -0.1) is 0 Å². The van der Waals surface area contributed by atoms with Crippen molar-refractivity contribution in [3.8, 4) is 0 Å². The summed E-state index contributed by atoms with van der Waals surface area (Å²) < 4.78 is 0. The Morgan fingerprint density at radius 1 is 1.12 bits per heavy atom. The molecule has 1 fully saturated rings. The van der Waals surface area contributed by atoms with Gasteiger partial charge in [-0.2, -0.15) is 0 Å². The molecule has 1 saturated carbocycles. The Morgan fingerprint density at radius 2 is 1.76 bits per heavy atom. The Morgan fingerprint density at radius 3 is 2.24 bits per heavy atom. The van der Waals surface area contributed by atoms with Crippen LogP contribution in [0.4, 0.5) is 0 Å². The standard InChI is InChI=1S/C14H30N2O/c1-2-10-16(11-7-12-17)14(13-15)8-5-3-4-6-9-14/h17H,2-13,15H2,1H3. The summed E-state index contributed by atoms with van der Waals surface area (Å²) in [5, 5.41) is 9.04. The molecule has 17 heavy (non-hydrogen) atoms. The van der Waals surface area contributed by atoms with Crippen molar-refractivity contribution < 1.29 is 5.11 Å². The highest BCUT2D eigenvalue weighted by Crippen LogP contribution is 2.32. The van der Waals surface area contributed by atoms with Gasteiger partial charge in [-0.3, -0.25) is 4.90 Å². The highest BCUT2D eigenvalue weighted by Gasteiger charge is 2.34. The molecule has 3 heteroatoms. The van der Waals surface area contributed by atoms with Crippen LogP contribution in [0, 0.1) is 0 Å². The second-order valence-corrected chi connectivity index (χ2v) is 5.41. The van der Waals surface area contributed by atoms with Crippen LogP contribution in [0.2, 0.25) is 0 Å². The van der Waals surface area contributed by atoms with E-state index in [2.05, 4.69) is 11.8 Å². The minimum Gasteiger partial charge on any atom is -0.396 e. The molecule has 0 aromatic heterocycles. The van der Waals surface area contributed by atoms with E-state index in [1.165, 1.54) is 44.9 Å². The molecule has 0 saturated heterocycles. The topological polar surface area (TPSA) is 49.5 Å². The van der Waals surface area contributed by atoms with Crippen molar-refractivity contribution in [1.29, 1.82) is 0 Å². The van der Waals surface area contributed by atoms with Crippen LogP contribution in [0.1, 0.15) is 58.3 Å². The highest BCUT2D eigenvalue weighted by molar-refractivity contribution is 4.93.